The largest absolute Gasteiger partial charge is 0.433 e. The number of hydrogen-bond donors (Lipinski definition) is 2. The molecule has 0 radical (unpaired) electrons. The van der Waals surface area contributed by atoms with Crippen molar-refractivity contribution in [2.24, 2.45) is 0 Å². The van der Waals surface area contributed by atoms with E-state index in [2.05, 4.69) is 36.0 Å². The summed E-state index contributed by atoms with van der Waals surface area (Å²) in [7, 11) is 1.45. The van der Waals surface area contributed by atoms with E-state index in [1.165, 1.54) is 24.1 Å². The molecule has 0 aliphatic rings. The molecule has 1 aromatic carbocycles. The molecule has 0 fully saturated rings. The van der Waals surface area contributed by atoms with E-state index in [1.807, 2.05) is 0 Å². The number of benzene rings is 1. The normalized spacial score (nSPS) is 12.3. The first-order chi connectivity index (χ1) is 16.5. The standard InChI is InChI=1S/C20H22F4N8O3/c1-20(23,24)35-14-3-4-15(22)12(7-14)8-26-19(34)17-11-32(30-28-17)9-13(21)5-6-31-10-16(27-29-31)18(33)25-2/h3-4,7,10-11,13H,5-6,8-9H2,1-2H3,(H,25,33)(H,26,34). The van der Waals surface area contributed by atoms with Crippen molar-refractivity contribution in [3.8, 4) is 5.75 Å². The summed E-state index contributed by atoms with van der Waals surface area (Å²) in [5.41, 5.74) is -0.113. The molecule has 0 spiro atoms. The van der Waals surface area contributed by atoms with Crippen molar-refractivity contribution in [3.05, 3.63) is 53.4 Å². The number of carbonyl (C=O) groups excluding carboxylic acids is 2. The molecule has 2 aromatic heterocycles. The van der Waals surface area contributed by atoms with Crippen LogP contribution in [0.2, 0.25) is 0 Å². The number of ether oxygens (including phenoxy) is 1. The first-order valence-electron chi connectivity index (χ1n) is 10.3. The van der Waals surface area contributed by atoms with Gasteiger partial charge in [0.25, 0.3) is 11.8 Å². The van der Waals surface area contributed by atoms with E-state index < -0.39 is 29.9 Å². The molecule has 1 atom stereocenters. The summed E-state index contributed by atoms with van der Waals surface area (Å²) >= 11 is 0. The lowest BCUT2D eigenvalue weighted by molar-refractivity contribution is -0.159. The van der Waals surface area contributed by atoms with Gasteiger partial charge in [0.1, 0.15) is 17.7 Å². The van der Waals surface area contributed by atoms with Gasteiger partial charge >= 0.3 is 6.11 Å². The highest BCUT2D eigenvalue weighted by Gasteiger charge is 2.23. The molecule has 2 amide bonds. The van der Waals surface area contributed by atoms with Crippen molar-refractivity contribution >= 4 is 11.8 Å². The molecule has 11 nitrogen and oxygen atoms in total. The van der Waals surface area contributed by atoms with Gasteiger partial charge in [0.2, 0.25) is 0 Å². The van der Waals surface area contributed by atoms with Gasteiger partial charge in [0.05, 0.1) is 18.9 Å². The Morgan fingerprint density at radius 1 is 1.11 bits per heavy atom. The SMILES string of the molecule is CNC(=O)c1cn(CCC(F)Cn2cc(C(=O)NCc3cc(OC(C)(F)F)ccc3F)nn2)nn1. The van der Waals surface area contributed by atoms with Gasteiger partial charge in [0.15, 0.2) is 11.4 Å². The molecule has 2 heterocycles. The fourth-order valence-corrected chi connectivity index (χ4v) is 2.92. The molecule has 0 bridgehead atoms. The van der Waals surface area contributed by atoms with E-state index in [0.717, 1.165) is 22.9 Å². The van der Waals surface area contributed by atoms with Gasteiger partial charge < -0.3 is 15.4 Å². The van der Waals surface area contributed by atoms with Gasteiger partial charge in [-0.25, -0.2) is 13.5 Å². The van der Waals surface area contributed by atoms with Crippen LogP contribution < -0.4 is 15.4 Å². The van der Waals surface area contributed by atoms with Crippen molar-refractivity contribution in [3.63, 3.8) is 0 Å². The van der Waals surface area contributed by atoms with Crippen LogP contribution in [0.4, 0.5) is 17.6 Å². The van der Waals surface area contributed by atoms with Crippen LogP contribution in [0.1, 0.15) is 39.9 Å². The van der Waals surface area contributed by atoms with Crippen LogP contribution in [-0.2, 0) is 19.6 Å². The number of halogens is 4. The van der Waals surface area contributed by atoms with E-state index in [1.54, 1.807) is 0 Å². The number of rotatable bonds is 11. The minimum atomic E-state index is -3.45. The molecule has 0 aliphatic heterocycles. The predicted molar refractivity (Wildman–Crippen MR) is 112 cm³/mol. The maximum Gasteiger partial charge on any atom is 0.394 e. The molecular weight excluding hydrogens is 476 g/mol. The van der Waals surface area contributed by atoms with E-state index in [0.29, 0.717) is 6.92 Å². The lowest BCUT2D eigenvalue weighted by Gasteiger charge is -2.14. The van der Waals surface area contributed by atoms with E-state index in [9.17, 15) is 27.2 Å². The average molecular weight is 498 g/mol. The van der Waals surface area contributed by atoms with Crippen LogP contribution in [0.25, 0.3) is 0 Å². The lowest BCUT2D eigenvalue weighted by atomic mass is 10.2. The first kappa shape index (κ1) is 25.6. The van der Waals surface area contributed by atoms with Crippen molar-refractivity contribution in [1.82, 2.24) is 40.6 Å². The highest BCUT2D eigenvalue weighted by atomic mass is 19.3. The Labute approximate surface area is 196 Å². The molecule has 188 valence electrons. The summed E-state index contributed by atoms with van der Waals surface area (Å²) in [6.07, 6.45) is -2.17. The number of hydrogen-bond acceptors (Lipinski definition) is 7. The smallest absolute Gasteiger partial charge is 0.394 e. The zero-order valence-corrected chi connectivity index (χ0v) is 18.7. The maximum absolute atomic E-state index is 14.3. The average Bonchev–Trinajstić information content (AvgIpc) is 3.46. The number of carbonyl (C=O) groups is 2. The Kier molecular flexibility index (Phi) is 7.98. The van der Waals surface area contributed by atoms with Gasteiger partial charge in [-0.2, -0.15) is 8.78 Å². The van der Waals surface area contributed by atoms with Crippen LogP contribution in [0.5, 0.6) is 5.75 Å². The third-order valence-corrected chi connectivity index (χ3v) is 4.58. The monoisotopic (exact) mass is 498 g/mol. The fourth-order valence-electron chi connectivity index (χ4n) is 2.92. The molecule has 1 unspecified atom stereocenters. The topological polar surface area (TPSA) is 129 Å². The van der Waals surface area contributed by atoms with Crippen LogP contribution in [0.3, 0.4) is 0 Å². The second-order valence-corrected chi connectivity index (χ2v) is 7.50. The molecule has 0 saturated heterocycles. The quantitative estimate of drug-likeness (QED) is 0.385. The Morgan fingerprint density at radius 3 is 2.46 bits per heavy atom. The molecular formula is C20H22F4N8O3. The van der Waals surface area contributed by atoms with Gasteiger partial charge in [-0.15, -0.1) is 10.2 Å². The summed E-state index contributed by atoms with van der Waals surface area (Å²) < 4.78 is 61.2. The number of aryl methyl sites for hydroxylation is 1. The van der Waals surface area contributed by atoms with Crippen LogP contribution in [-0.4, -0.2) is 61.1 Å². The fraction of sp³-hybridized carbons (Fsp3) is 0.400. The second kappa shape index (κ2) is 10.9. The summed E-state index contributed by atoms with van der Waals surface area (Å²) in [6, 6.07) is 3.03. The van der Waals surface area contributed by atoms with Crippen LogP contribution in [0.15, 0.2) is 30.6 Å². The number of alkyl halides is 3. The summed E-state index contributed by atoms with van der Waals surface area (Å²) in [4.78, 5) is 23.8. The summed E-state index contributed by atoms with van der Waals surface area (Å²) in [5.74, 6) is -2.12. The molecule has 3 rings (SSSR count). The van der Waals surface area contributed by atoms with Crippen molar-refractivity contribution < 1.29 is 31.9 Å². The van der Waals surface area contributed by atoms with E-state index in [-0.39, 0.29) is 48.8 Å². The minimum Gasteiger partial charge on any atom is -0.433 e. The highest BCUT2D eigenvalue weighted by Crippen LogP contribution is 2.23. The van der Waals surface area contributed by atoms with Gasteiger partial charge in [-0.3, -0.25) is 14.3 Å². The molecule has 0 saturated carbocycles. The number of amides is 2. The molecule has 3 aromatic rings. The van der Waals surface area contributed by atoms with E-state index in [4.69, 9.17) is 0 Å². The van der Waals surface area contributed by atoms with Crippen molar-refractivity contribution in [1.29, 1.82) is 0 Å². The highest BCUT2D eigenvalue weighted by molar-refractivity contribution is 5.92. The Bertz CT molecular complexity index is 1180. The van der Waals surface area contributed by atoms with E-state index >= 15 is 0 Å². The van der Waals surface area contributed by atoms with Crippen LogP contribution in [0, 0.1) is 5.82 Å². The number of nitrogens with one attached hydrogen (secondary N) is 2. The minimum absolute atomic E-state index is 0.0342. The third kappa shape index (κ3) is 7.48. The van der Waals surface area contributed by atoms with Crippen LogP contribution >= 0.6 is 0 Å². The molecule has 15 heteroatoms. The number of nitrogens with zero attached hydrogens (tertiary/aromatic N) is 6. The zero-order valence-electron chi connectivity index (χ0n) is 18.7. The second-order valence-electron chi connectivity index (χ2n) is 7.50. The Morgan fingerprint density at radius 2 is 1.77 bits per heavy atom. The molecule has 0 aliphatic carbocycles. The zero-order chi connectivity index (χ0) is 25.6. The van der Waals surface area contributed by atoms with Gasteiger partial charge in [0, 0.05) is 39.0 Å². The van der Waals surface area contributed by atoms with Crippen molar-refractivity contribution in [2.45, 2.75) is 45.3 Å². The Balaban J connectivity index is 1.50. The first-order valence-corrected chi connectivity index (χ1v) is 10.3. The predicted octanol–water partition coefficient (Wildman–Crippen LogP) is 1.72. The van der Waals surface area contributed by atoms with Crippen molar-refractivity contribution in [2.75, 3.05) is 7.05 Å². The summed E-state index contributed by atoms with van der Waals surface area (Å²) in [6.45, 7) is 0.175. The summed E-state index contributed by atoms with van der Waals surface area (Å²) in [5, 5.41) is 19.6. The Hall–Kier alpha value is -4.04. The molecule has 35 heavy (non-hydrogen) atoms. The third-order valence-electron chi connectivity index (χ3n) is 4.58. The maximum atomic E-state index is 14.3. The van der Waals surface area contributed by atoms with Gasteiger partial charge in [-0.1, -0.05) is 10.4 Å². The lowest BCUT2D eigenvalue weighted by Crippen LogP contribution is -2.24. The number of aromatic nitrogens is 6. The van der Waals surface area contributed by atoms with Gasteiger partial charge in [-0.05, 0) is 18.2 Å². The molecule has 2 N–H and O–H groups in total.